The molecule has 0 radical (unpaired) electrons. The first-order chi connectivity index (χ1) is 12.2. The van der Waals surface area contributed by atoms with Crippen molar-refractivity contribution in [3.05, 3.63) is 58.6 Å². The molecule has 0 aromatic heterocycles. The van der Waals surface area contributed by atoms with E-state index in [1.165, 1.54) is 32.4 Å². The predicted octanol–water partition coefficient (Wildman–Crippen LogP) is 3.90. The molecule has 0 spiro atoms. The minimum Gasteiger partial charge on any atom is -0.322 e. The van der Waals surface area contributed by atoms with Crippen LogP contribution in [0.25, 0.3) is 0 Å². The second-order valence-electron chi connectivity index (χ2n) is 5.97. The first-order valence-electron chi connectivity index (χ1n) is 7.90. The maximum Gasteiger partial charge on any atom is 0.266 e. The van der Waals surface area contributed by atoms with Crippen molar-refractivity contribution >= 4 is 33.2 Å². The summed E-state index contributed by atoms with van der Waals surface area (Å²) in [4.78, 5) is 17.0. The molecule has 0 bridgehead atoms. The molecule has 8 heteroatoms. The lowest BCUT2D eigenvalue weighted by atomic mass is 10.0. The summed E-state index contributed by atoms with van der Waals surface area (Å²) in [5.74, 6) is -0.0444. The van der Waals surface area contributed by atoms with Gasteiger partial charge in [-0.3, -0.25) is 9.63 Å². The van der Waals surface area contributed by atoms with E-state index in [9.17, 15) is 13.2 Å². The molecular formula is C18H21ClN2O4S. The van der Waals surface area contributed by atoms with Gasteiger partial charge in [-0.2, -0.15) is 0 Å². The third kappa shape index (κ3) is 4.42. The Balaban J connectivity index is 2.29. The van der Waals surface area contributed by atoms with Gasteiger partial charge in [0.1, 0.15) is 4.90 Å². The average molecular weight is 397 g/mol. The van der Waals surface area contributed by atoms with Gasteiger partial charge in [-0.25, -0.2) is 8.42 Å². The smallest absolute Gasteiger partial charge is 0.266 e. The summed E-state index contributed by atoms with van der Waals surface area (Å²) in [7, 11) is -1.49. The van der Waals surface area contributed by atoms with E-state index in [4.69, 9.17) is 16.4 Å². The highest BCUT2D eigenvalue weighted by Crippen LogP contribution is 2.26. The Morgan fingerprint density at radius 2 is 1.77 bits per heavy atom. The Morgan fingerprint density at radius 1 is 1.15 bits per heavy atom. The monoisotopic (exact) mass is 396 g/mol. The van der Waals surface area contributed by atoms with Crippen LogP contribution in [0.3, 0.4) is 0 Å². The largest absolute Gasteiger partial charge is 0.322 e. The summed E-state index contributed by atoms with van der Waals surface area (Å²) in [6.45, 7) is 4.17. The van der Waals surface area contributed by atoms with Crippen molar-refractivity contribution in [1.29, 1.82) is 0 Å². The fraction of sp³-hybridized carbons (Fsp3) is 0.278. The zero-order chi connectivity index (χ0) is 19.5. The van der Waals surface area contributed by atoms with Crippen LogP contribution >= 0.6 is 11.6 Å². The van der Waals surface area contributed by atoms with Crippen LogP contribution in [0.4, 0.5) is 5.69 Å². The van der Waals surface area contributed by atoms with Crippen molar-refractivity contribution in [3.63, 3.8) is 0 Å². The van der Waals surface area contributed by atoms with Crippen LogP contribution in [0.2, 0.25) is 5.02 Å². The molecule has 6 nitrogen and oxygen atoms in total. The number of nitrogens with zero attached hydrogens (tertiary/aromatic N) is 1. The van der Waals surface area contributed by atoms with Crippen LogP contribution in [0, 0.1) is 0 Å². The number of carbonyl (C=O) groups excluding carboxylic acids is 1. The number of rotatable bonds is 6. The van der Waals surface area contributed by atoms with Crippen molar-refractivity contribution in [2.24, 2.45) is 0 Å². The summed E-state index contributed by atoms with van der Waals surface area (Å²) in [5.41, 5.74) is 1.95. The van der Waals surface area contributed by atoms with E-state index in [1.54, 1.807) is 12.1 Å². The summed E-state index contributed by atoms with van der Waals surface area (Å²) in [6.07, 6.45) is 0. The Hall–Kier alpha value is -1.93. The van der Waals surface area contributed by atoms with E-state index in [0.29, 0.717) is 16.1 Å². The third-order valence-electron chi connectivity index (χ3n) is 3.90. The quantitative estimate of drug-likeness (QED) is 0.751. The molecular weight excluding hydrogens is 376 g/mol. The fourth-order valence-electron chi connectivity index (χ4n) is 2.23. The number of hydrogen-bond donors (Lipinski definition) is 1. The van der Waals surface area contributed by atoms with Gasteiger partial charge in [-0.15, -0.1) is 0 Å². The van der Waals surface area contributed by atoms with E-state index < -0.39 is 15.9 Å². The van der Waals surface area contributed by atoms with E-state index in [-0.39, 0.29) is 15.5 Å². The van der Waals surface area contributed by atoms with Gasteiger partial charge >= 0.3 is 0 Å². The maximum atomic E-state index is 12.5. The number of anilines is 1. The van der Waals surface area contributed by atoms with Crippen molar-refractivity contribution in [2.75, 3.05) is 19.5 Å². The molecule has 0 aliphatic rings. The number of carbonyl (C=O) groups is 1. The zero-order valence-corrected chi connectivity index (χ0v) is 16.6. The van der Waals surface area contributed by atoms with Gasteiger partial charge in [-0.1, -0.05) is 42.0 Å². The lowest BCUT2D eigenvalue weighted by Gasteiger charge is -2.16. The van der Waals surface area contributed by atoms with Gasteiger partial charge in [0.2, 0.25) is 0 Å². The van der Waals surface area contributed by atoms with Gasteiger partial charge in [0, 0.05) is 18.3 Å². The highest BCUT2D eigenvalue weighted by Gasteiger charge is 2.25. The van der Waals surface area contributed by atoms with Crippen LogP contribution in [-0.2, 0) is 14.9 Å². The summed E-state index contributed by atoms with van der Waals surface area (Å²) in [6, 6.07) is 11.5. The zero-order valence-electron chi connectivity index (χ0n) is 15.0. The first kappa shape index (κ1) is 20.4. The fourth-order valence-corrected chi connectivity index (χ4v) is 3.71. The van der Waals surface area contributed by atoms with Gasteiger partial charge < -0.3 is 5.32 Å². The molecule has 0 atom stereocenters. The van der Waals surface area contributed by atoms with E-state index >= 15 is 0 Å². The van der Waals surface area contributed by atoms with Gasteiger partial charge in [0.25, 0.3) is 15.9 Å². The first-order valence-corrected chi connectivity index (χ1v) is 9.72. The minimum atomic E-state index is -3.96. The molecule has 0 aliphatic carbocycles. The number of benzene rings is 2. The second-order valence-corrected chi connectivity index (χ2v) is 8.28. The van der Waals surface area contributed by atoms with Crippen LogP contribution in [0.15, 0.2) is 47.4 Å². The molecule has 140 valence electrons. The number of hydrogen-bond acceptors (Lipinski definition) is 4. The molecule has 1 amide bonds. The molecule has 2 rings (SSSR count). The number of halogens is 1. The molecule has 1 N–H and O–H groups in total. The Morgan fingerprint density at radius 3 is 2.31 bits per heavy atom. The van der Waals surface area contributed by atoms with Gasteiger partial charge in [-0.05, 0) is 41.8 Å². The third-order valence-corrected chi connectivity index (χ3v) is 6.06. The topological polar surface area (TPSA) is 75.7 Å². The van der Waals surface area contributed by atoms with Crippen LogP contribution < -0.4 is 5.32 Å². The summed E-state index contributed by atoms with van der Waals surface area (Å²) < 4.78 is 25.5. The van der Waals surface area contributed by atoms with Gasteiger partial charge in [0.15, 0.2) is 0 Å². The van der Waals surface area contributed by atoms with Crippen LogP contribution in [0.5, 0.6) is 0 Å². The Bertz CT molecular complexity index is 896. The number of amides is 1. The number of sulfonamides is 1. The van der Waals surface area contributed by atoms with E-state index in [2.05, 4.69) is 19.2 Å². The second kappa shape index (κ2) is 8.18. The average Bonchev–Trinajstić information content (AvgIpc) is 2.61. The summed E-state index contributed by atoms with van der Waals surface area (Å²) in [5, 5.41) is 2.75. The SMILES string of the molecule is CON(C)S(=O)(=O)c1cc(C(=O)Nc2ccc(C(C)C)cc2)ccc1Cl. The van der Waals surface area contributed by atoms with Crippen molar-refractivity contribution < 1.29 is 18.0 Å². The van der Waals surface area contributed by atoms with Crippen molar-refractivity contribution in [1.82, 2.24) is 4.47 Å². The minimum absolute atomic E-state index is 0.00624. The molecule has 0 unspecified atom stereocenters. The normalized spacial score (nSPS) is 11.8. The molecule has 0 fully saturated rings. The molecule has 0 saturated carbocycles. The molecule has 2 aromatic carbocycles. The molecule has 2 aromatic rings. The number of hydroxylamine groups is 1. The standard InChI is InChI=1S/C18H21ClN2O4S/c1-12(2)13-5-8-15(9-6-13)20-18(22)14-7-10-16(19)17(11-14)26(23,24)21(3)25-4/h5-12H,1-4H3,(H,20,22). The lowest BCUT2D eigenvalue weighted by Crippen LogP contribution is -2.26. The Kier molecular flexibility index (Phi) is 6.41. The van der Waals surface area contributed by atoms with Crippen molar-refractivity contribution in [2.45, 2.75) is 24.7 Å². The van der Waals surface area contributed by atoms with Crippen LogP contribution in [-0.4, -0.2) is 33.0 Å². The predicted molar refractivity (Wildman–Crippen MR) is 102 cm³/mol. The highest BCUT2D eigenvalue weighted by atomic mass is 35.5. The van der Waals surface area contributed by atoms with Gasteiger partial charge in [0.05, 0.1) is 12.1 Å². The molecule has 0 aliphatic heterocycles. The maximum absolute atomic E-state index is 12.5. The molecule has 0 saturated heterocycles. The highest BCUT2D eigenvalue weighted by molar-refractivity contribution is 7.89. The molecule has 0 heterocycles. The summed E-state index contributed by atoms with van der Waals surface area (Å²) >= 11 is 6.00. The number of nitrogens with one attached hydrogen (secondary N) is 1. The van der Waals surface area contributed by atoms with E-state index in [1.807, 2.05) is 12.1 Å². The van der Waals surface area contributed by atoms with Crippen LogP contribution in [0.1, 0.15) is 35.7 Å². The van der Waals surface area contributed by atoms with Crippen molar-refractivity contribution in [3.8, 4) is 0 Å². The Labute approximate surface area is 158 Å². The van der Waals surface area contributed by atoms with E-state index in [0.717, 1.165) is 5.56 Å². The lowest BCUT2D eigenvalue weighted by molar-refractivity contribution is -0.0258. The molecule has 26 heavy (non-hydrogen) atoms.